The van der Waals surface area contributed by atoms with Crippen molar-refractivity contribution in [2.45, 2.75) is 31.3 Å². The lowest BCUT2D eigenvalue weighted by atomic mass is 10.2. The Hall–Kier alpha value is -1.81. The molecule has 1 saturated carbocycles. The SMILES string of the molecule is c1ccc(-n2cccn2)c(NC2CCN(C3CC3)C2)c1. The average Bonchev–Trinajstić information content (AvgIpc) is 3.00. The first-order valence-corrected chi connectivity index (χ1v) is 7.50. The van der Waals surface area contributed by atoms with Crippen LogP contribution in [0.25, 0.3) is 5.69 Å². The van der Waals surface area contributed by atoms with Crippen LogP contribution >= 0.6 is 0 Å². The fraction of sp³-hybridized carbons (Fsp3) is 0.438. The first-order valence-electron chi connectivity index (χ1n) is 7.50. The van der Waals surface area contributed by atoms with E-state index in [0.717, 1.165) is 11.7 Å². The predicted octanol–water partition coefficient (Wildman–Crippen LogP) is 2.52. The Balaban J connectivity index is 1.51. The van der Waals surface area contributed by atoms with E-state index in [1.165, 1.54) is 38.0 Å². The summed E-state index contributed by atoms with van der Waals surface area (Å²) >= 11 is 0. The van der Waals surface area contributed by atoms with Crippen LogP contribution in [0.2, 0.25) is 0 Å². The molecule has 1 aliphatic heterocycles. The highest BCUT2D eigenvalue weighted by molar-refractivity contribution is 5.61. The zero-order valence-corrected chi connectivity index (χ0v) is 11.6. The highest BCUT2D eigenvalue weighted by atomic mass is 15.3. The molecule has 20 heavy (non-hydrogen) atoms. The van der Waals surface area contributed by atoms with Crippen LogP contribution in [0, 0.1) is 0 Å². The zero-order chi connectivity index (χ0) is 13.4. The van der Waals surface area contributed by atoms with E-state index in [1.807, 2.05) is 23.1 Å². The van der Waals surface area contributed by atoms with Crippen molar-refractivity contribution in [3.63, 3.8) is 0 Å². The van der Waals surface area contributed by atoms with Gasteiger partial charge < -0.3 is 5.32 Å². The molecule has 1 atom stereocenters. The summed E-state index contributed by atoms with van der Waals surface area (Å²) in [5.41, 5.74) is 2.31. The predicted molar refractivity (Wildman–Crippen MR) is 80.2 cm³/mol. The smallest absolute Gasteiger partial charge is 0.0876 e. The molecule has 0 amide bonds. The van der Waals surface area contributed by atoms with Crippen LogP contribution in [0.15, 0.2) is 42.7 Å². The molecule has 1 aliphatic carbocycles. The third-order valence-corrected chi connectivity index (χ3v) is 4.30. The maximum Gasteiger partial charge on any atom is 0.0876 e. The van der Waals surface area contributed by atoms with Crippen molar-refractivity contribution in [2.24, 2.45) is 0 Å². The van der Waals surface area contributed by atoms with E-state index < -0.39 is 0 Å². The van der Waals surface area contributed by atoms with Crippen LogP contribution < -0.4 is 5.32 Å². The summed E-state index contributed by atoms with van der Waals surface area (Å²) in [5.74, 6) is 0. The van der Waals surface area contributed by atoms with E-state index >= 15 is 0 Å². The number of nitrogens with one attached hydrogen (secondary N) is 1. The summed E-state index contributed by atoms with van der Waals surface area (Å²) in [5, 5.41) is 8.05. The van der Waals surface area contributed by atoms with Gasteiger partial charge in [-0.3, -0.25) is 4.90 Å². The molecular weight excluding hydrogens is 248 g/mol. The van der Waals surface area contributed by atoms with Crippen molar-refractivity contribution in [1.29, 1.82) is 0 Å². The van der Waals surface area contributed by atoms with Crippen LogP contribution in [0.4, 0.5) is 5.69 Å². The van der Waals surface area contributed by atoms with Gasteiger partial charge in [0.25, 0.3) is 0 Å². The number of nitrogens with zero attached hydrogens (tertiary/aromatic N) is 3. The minimum absolute atomic E-state index is 0.562. The van der Waals surface area contributed by atoms with E-state index in [-0.39, 0.29) is 0 Å². The molecule has 1 aromatic heterocycles. The Morgan fingerprint density at radius 1 is 1.10 bits per heavy atom. The van der Waals surface area contributed by atoms with Gasteiger partial charge in [-0.2, -0.15) is 5.10 Å². The maximum absolute atomic E-state index is 4.34. The Morgan fingerprint density at radius 2 is 2.00 bits per heavy atom. The van der Waals surface area contributed by atoms with E-state index in [1.54, 1.807) is 0 Å². The molecule has 2 aromatic rings. The number of anilines is 1. The third-order valence-electron chi connectivity index (χ3n) is 4.30. The molecule has 2 heterocycles. The molecule has 0 bridgehead atoms. The Morgan fingerprint density at radius 3 is 2.80 bits per heavy atom. The molecule has 0 spiro atoms. The normalized spacial score (nSPS) is 23.1. The summed E-state index contributed by atoms with van der Waals surface area (Å²) in [6.07, 6.45) is 7.85. The second-order valence-corrected chi connectivity index (χ2v) is 5.82. The molecule has 1 saturated heterocycles. The summed E-state index contributed by atoms with van der Waals surface area (Å²) < 4.78 is 1.93. The van der Waals surface area contributed by atoms with Gasteiger partial charge in [0.2, 0.25) is 0 Å². The Bertz CT molecular complexity index is 574. The van der Waals surface area contributed by atoms with Gasteiger partial charge in [-0.1, -0.05) is 12.1 Å². The highest BCUT2D eigenvalue weighted by Crippen LogP contribution is 2.31. The number of aromatic nitrogens is 2. The van der Waals surface area contributed by atoms with Crippen molar-refractivity contribution in [3.8, 4) is 5.69 Å². The van der Waals surface area contributed by atoms with E-state index in [4.69, 9.17) is 0 Å². The van der Waals surface area contributed by atoms with Gasteiger partial charge in [-0.25, -0.2) is 4.68 Å². The Labute approximate surface area is 119 Å². The maximum atomic E-state index is 4.34. The van der Waals surface area contributed by atoms with E-state index in [0.29, 0.717) is 6.04 Å². The lowest BCUT2D eigenvalue weighted by Crippen LogP contribution is -2.28. The van der Waals surface area contributed by atoms with Gasteiger partial charge in [0.1, 0.15) is 0 Å². The van der Waals surface area contributed by atoms with Crippen LogP contribution in [-0.4, -0.2) is 39.9 Å². The summed E-state index contributed by atoms with van der Waals surface area (Å²) in [6.45, 7) is 2.42. The van der Waals surface area contributed by atoms with Gasteiger partial charge in [-0.05, 0) is 37.5 Å². The quantitative estimate of drug-likeness (QED) is 0.925. The van der Waals surface area contributed by atoms with Crippen LogP contribution in [0.5, 0.6) is 0 Å². The number of rotatable bonds is 4. The van der Waals surface area contributed by atoms with E-state index in [2.05, 4.69) is 39.6 Å². The largest absolute Gasteiger partial charge is 0.379 e. The van der Waals surface area contributed by atoms with Gasteiger partial charge in [0.15, 0.2) is 0 Å². The van der Waals surface area contributed by atoms with Crippen molar-refractivity contribution in [3.05, 3.63) is 42.7 Å². The molecule has 2 fully saturated rings. The molecule has 4 nitrogen and oxygen atoms in total. The molecule has 4 heteroatoms. The zero-order valence-electron chi connectivity index (χ0n) is 11.6. The number of hydrogen-bond donors (Lipinski definition) is 1. The fourth-order valence-corrected chi connectivity index (χ4v) is 3.10. The molecule has 1 aromatic carbocycles. The topological polar surface area (TPSA) is 33.1 Å². The Kier molecular flexibility index (Phi) is 2.96. The number of para-hydroxylation sites is 2. The molecule has 1 unspecified atom stereocenters. The molecule has 104 valence electrons. The van der Waals surface area contributed by atoms with Crippen LogP contribution in [0.3, 0.4) is 0 Å². The fourth-order valence-electron chi connectivity index (χ4n) is 3.10. The monoisotopic (exact) mass is 268 g/mol. The summed E-state index contributed by atoms with van der Waals surface area (Å²) in [4.78, 5) is 2.63. The number of hydrogen-bond acceptors (Lipinski definition) is 3. The first kappa shape index (κ1) is 12.0. The van der Waals surface area contributed by atoms with Crippen molar-refractivity contribution in [1.82, 2.24) is 14.7 Å². The number of benzene rings is 1. The number of likely N-dealkylation sites (tertiary alicyclic amines) is 1. The third kappa shape index (κ3) is 2.31. The van der Waals surface area contributed by atoms with Crippen LogP contribution in [0.1, 0.15) is 19.3 Å². The second kappa shape index (κ2) is 4.94. The standard InChI is InChI=1S/C16H20N4/c1-2-5-16(20-10-3-9-17-20)15(4-1)18-13-8-11-19(12-13)14-6-7-14/h1-5,9-10,13-14,18H,6-8,11-12H2. The van der Waals surface area contributed by atoms with Gasteiger partial charge in [0, 0.05) is 37.6 Å². The lowest BCUT2D eigenvalue weighted by molar-refractivity contribution is 0.326. The van der Waals surface area contributed by atoms with Gasteiger partial charge in [-0.15, -0.1) is 0 Å². The molecule has 0 radical (unpaired) electrons. The molecule has 1 N–H and O–H groups in total. The molecule has 4 rings (SSSR count). The molecule has 2 aliphatic rings. The minimum Gasteiger partial charge on any atom is -0.379 e. The first-order chi connectivity index (χ1) is 9.90. The second-order valence-electron chi connectivity index (χ2n) is 5.82. The van der Waals surface area contributed by atoms with Gasteiger partial charge >= 0.3 is 0 Å². The van der Waals surface area contributed by atoms with Crippen molar-refractivity contribution >= 4 is 5.69 Å². The summed E-state index contributed by atoms with van der Waals surface area (Å²) in [6, 6.07) is 11.8. The molecular formula is C16H20N4. The summed E-state index contributed by atoms with van der Waals surface area (Å²) in [7, 11) is 0. The van der Waals surface area contributed by atoms with Gasteiger partial charge in [0.05, 0.1) is 11.4 Å². The lowest BCUT2D eigenvalue weighted by Gasteiger charge is -2.18. The minimum atomic E-state index is 0.562. The van der Waals surface area contributed by atoms with E-state index in [9.17, 15) is 0 Å². The average molecular weight is 268 g/mol. The van der Waals surface area contributed by atoms with Crippen molar-refractivity contribution < 1.29 is 0 Å². The van der Waals surface area contributed by atoms with Crippen LogP contribution in [-0.2, 0) is 0 Å². The highest BCUT2D eigenvalue weighted by Gasteiger charge is 2.34. The van der Waals surface area contributed by atoms with Crippen molar-refractivity contribution in [2.75, 3.05) is 18.4 Å².